The molecule has 0 spiro atoms. The van der Waals surface area contributed by atoms with Crippen LogP contribution >= 0.6 is 27.7 Å². The van der Waals surface area contributed by atoms with Crippen molar-refractivity contribution in [1.82, 2.24) is 14.8 Å². The van der Waals surface area contributed by atoms with Gasteiger partial charge in [-0.1, -0.05) is 57.5 Å². The third-order valence-corrected chi connectivity index (χ3v) is 4.89. The molecule has 22 heavy (non-hydrogen) atoms. The smallest absolute Gasteiger partial charge is 0.195 e. The molecule has 0 unspecified atom stereocenters. The van der Waals surface area contributed by atoms with Crippen LogP contribution in [0.4, 0.5) is 0 Å². The van der Waals surface area contributed by atoms with Gasteiger partial charge in [-0.05, 0) is 43.2 Å². The average molecular weight is 374 g/mol. The minimum Gasteiger partial charge on any atom is -0.276 e. The van der Waals surface area contributed by atoms with Gasteiger partial charge in [0, 0.05) is 10.2 Å². The zero-order valence-electron chi connectivity index (χ0n) is 12.5. The van der Waals surface area contributed by atoms with Crippen LogP contribution in [0.2, 0.25) is 0 Å². The Hall–Kier alpha value is -1.59. The summed E-state index contributed by atoms with van der Waals surface area (Å²) < 4.78 is 3.15. The second-order valence-corrected chi connectivity index (χ2v) is 7.05. The van der Waals surface area contributed by atoms with Gasteiger partial charge in [-0.2, -0.15) is 0 Å². The van der Waals surface area contributed by atoms with E-state index in [0.717, 1.165) is 21.1 Å². The first-order chi connectivity index (χ1) is 10.6. The monoisotopic (exact) mass is 373 g/mol. The molecule has 3 nitrogen and oxygen atoms in total. The molecule has 0 saturated heterocycles. The molecule has 1 aromatic heterocycles. The molecule has 0 N–H and O–H groups in total. The fraction of sp³-hybridized carbons (Fsp3) is 0.176. The number of aromatic nitrogens is 3. The zero-order chi connectivity index (χ0) is 15.5. The van der Waals surface area contributed by atoms with Crippen LogP contribution in [0, 0.1) is 13.8 Å². The molecule has 0 aliphatic carbocycles. The number of halogens is 1. The van der Waals surface area contributed by atoms with Crippen LogP contribution in [-0.2, 0) is 5.75 Å². The summed E-state index contributed by atoms with van der Waals surface area (Å²) in [5.74, 6) is 0.864. The molecule has 0 atom stereocenters. The Balaban J connectivity index is 1.83. The molecule has 1 heterocycles. The van der Waals surface area contributed by atoms with Crippen LogP contribution in [0.15, 0.2) is 58.4 Å². The molecule has 0 aliphatic rings. The Morgan fingerprint density at radius 1 is 1.14 bits per heavy atom. The largest absolute Gasteiger partial charge is 0.276 e. The predicted octanol–water partition coefficient (Wildman–Crippen LogP) is 4.94. The van der Waals surface area contributed by atoms with E-state index in [2.05, 4.69) is 80.9 Å². The number of nitrogens with zero attached hydrogens (tertiary/aromatic N) is 3. The van der Waals surface area contributed by atoms with Crippen molar-refractivity contribution in [1.29, 1.82) is 0 Å². The first-order valence-corrected chi connectivity index (χ1v) is 8.76. The maximum atomic E-state index is 4.26. The van der Waals surface area contributed by atoms with E-state index in [1.807, 2.05) is 6.07 Å². The molecule has 0 fully saturated rings. The van der Waals surface area contributed by atoms with Crippen LogP contribution in [0.25, 0.3) is 5.69 Å². The highest BCUT2D eigenvalue weighted by molar-refractivity contribution is 9.10. The van der Waals surface area contributed by atoms with Crippen molar-refractivity contribution >= 4 is 27.7 Å². The molecular weight excluding hydrogens is 358 g/mol. The van der Waals surface area contributed by atoms with Gasteiger partial charge >= 0.3 is 0 Å². The van der Waals surface area contributed by atoms with E-state index in [9.17, 15) is 0 Å². The third-order valence-electron chi connectivity index (χ3n) is 3.39. The summed E-state index contributed by atoms with van der Waals surface area (Å²) in [5.41, 5.74) is 4.88. The Morgan fingerprint density at radius 3 is 2.77 bits per heavy atom. The van der Waals surface area contributed by atoms with Crippen molar-refractivity contribution < 1.29 is 0 Å². The summed E-state index contributed by atoms with van der Waals surface area (Å²) in [4.78, 5) is 0. The van der Waals surface area contributed by atoms with E-state index in [4.69, 9.17) is 0 Å². The van der Waals surface area contributed by atoms with Crippen LogP contribution in [0.1, 0.15) is 16.7 Å². The van der Waals surface area contributed by atoms with Gasteiger partial charge in [-0.25, -0.2) is 0 Å². The Bertz CT molecular complexity index is 798. The van der Waals surface area contributed by atoms with Crippen LogP contribution in [-0.4, -0.2) is 14.8 Å². The number of hydrogen-bond acceptors (Lipinski definition) is 3. The topological polar surface area (TPSA) is 30.7 Å². The highest BCUT2D eigenvalue weighted by Gasteiger charge is 2.09. The van der Waals surface area contributed by atoms with Gasteiger partial charge in [0.25, 0.3) is 0 Å². The normalized spacial score (nSPS) is 10.9. The van der Waals surface area contributed by atoms with E-state index >= 15 is 0 Å². The van der Waals surface area contributed by atoms with Gasteiger partial charge in [-0.3, -0.25) is 4.57 Å². The molecule has 2 aromatic carbocycles. The highest BCUT2D eigenvalue weighted by atomic mass is 79.9. The SMILES string of the molecule is Cc1ccc(-n2cnnc2SCc2cccc(Br)c2)c(C)c1. The lowest BCUT2D eigenvalue weighted by Gasteiger charge is -2.10. The van der Waals surface area contributed by atoms with Crippen molar-refractivity contribution in [3.8, 4) is 5.69 Å². The molecule has 0 radical (unpaired) electrons. The number of aryl methyl sites for hydroxylation is 2. The van der Waals surface area contributed by atoms with E-state index in [1.165, 1.54) is 16.7 Å². The second-order valence-electron chi connectivity index (χ2n) is 5.19. The first-order valence-electron chi connectivity index (χ1n) is 6.98. The van der Waals surface area contributed by atoms with Gasteiger partial charge in [0.05, 0.1) is 5.69 Å². The first kappa shape index (κ1) is 15.3. The molecule has 5 heteroatoms. The van der Waals surface area contributed by atoms with Crippen molar-refractivity contribution in [3.63, 3.8) is 0 Å². The zero-order valence-corrected chi connectivity index (χ0v) is 14.9. The van der Waals surface area contributed by atoms with E-state index in [1.54, 1.807) is 18.1 Å². The van der Waals surface area contributed by atoms with E-state index in [0.29, 0.717) is 0 Å². The molecule has 112 valence electrons. The quantitative estimate of drug-likeness (QED) is 0.606. The predicted molar refractivity (Wildman–Crippen MR) is 94.5 cm³/mol. The highest BCUT2D eigenvalue weighted by Crippen LogP contribution is 2.26. The molecule has 0 saturated carbocycles. The summed E-state index contributed by atoms with van der Waals surface area (Å²) >= 11 is 5.20. The third kappa shape index (κ3) is 3.42. The number of benzene rings is 2. The van der Waals surface area contributed by atoms with Crippen molar-refractivity contribution in [2.24, 2.45) is 0 Å². The minimum absolute atomic E-state index is 0.864. The van der Waals surface area contributed by atoms with E-state index < -0.39 is 0 Å². The number of hydrogen-bond donors (Lipinski definition) is 0. The lowest BCUT2D eigenvalue weighted by atomic mass is 10.1. The van der Waals surface area contributed by atoms with Crippen molar-refractivity contribution in [2.75, 3.05) is 0 Å². The summed E-state index contributed by atoms with van der Waals surface area (Å²) in [6, 6.07) is 14.8. The Kier molecular flexibility index (Phi) is 4.64. The lowest BCUT2D eigenvalue weighted by molar-refractivity contribution is 0.877. The Labute approximate surface area is 142 Å². The molecule has 0 aliphatic heterocycles. The van der Waals surface area contributed by atoms with Gasteiger partial charge in [0.15, 0.2) is 5.16 Å². The molecular formula is C17H16BrN3S. The molecule has 0 amide bonds. The standard InChI is InChI=1S/C17H16BrN3S/c1-12-6-7-16(13(2)8-12)21-11-19-20-17(21)22-10-14-4-3-5-15(18)9-14/h3-9,11H,10H2,1-2H3. The van der Waals surface area contributed by atoms with Crippen LogP contribution < -0.4 is 0 Å². The van der Waals surface area contributed by atoms with Gasteiger partial charge in [0.1, 0.15) is 6.33 Å². The minimum atomic E-state index is 0.864. The molecule has 3 aromatic rings. The number of thioether (sulfide) groups is 1. The fourth-order valence-corrected chi connectivity index (χ4v) is 3.65. The maximum absolute atomic E-state index is 4.26. The van der Waals surface area contributed by atoms with Crippen molar-refractivity contribution in [2.45, 2.75) is 24.8 Å². The van der Waals surface area contributed by atoms with Crippen molar-refractivity contribution in [3.05, 3.63) is 70.0 Å². The summed E-state index contributed by atoms with van der Waals surface area (Å²) in [6.07, 6.45) is 1.78. The molecule has 0 bridgehead atoms. The lowest BCUT2D eigenvalue weighted by Crippen LogP contribution is -1.98. The van der Waals surface area contributed by atoms with Crippen LogP contribution in [0.3, 0.4) is 0 Å². The van der Waals surface area contributed by atoms with Gasteiger partial charge < -0.3 is 0 Å². The van der Waals surface area contributed by atoms with Gasteiger partial charge in [-0.15, -0.1) is 10.2 Å². The Morgan fingerprint density at radius 2 is 2.00 bits per heavy atom. The second kappa shape index (κ2) is 6.67. The molecule has 3 rings (SSSR count). The maximum Gasteiger partial charge on any atom is 0.195 e. The van der Waals surface area contributed by atoms with E-state index in [-0.39, 0.29) is 0 Å². The van der Waals surface area contributed by atoms with Gasteiger partial charge in [0.2, 0.25) is 0 Å². The van der Waals surface area contributed by atoms with Crippen LogP contribution in [0.5, 0.6) is 0 Å². The summed E-state index contributed by atoms with van der Waals surface area (Å²) in [6.45, 7) is 4.22. The number of rotatable bonds is 4. The fourth-order valence-electron chi connectivity index (χ4n) is 2.34. The summed E-state index contributed by atoms with van der Waals surface area (Å²) in [7, 11) is 0. The average Bonchev–Trinajstić information content (AvgIpc) is 2.93. The summed E-state index contributed by atoms with van der Waals surface area (Å²) in [5, 5.41) is 9.24.